The molecule has 8 nitrogen and oxygen atoms in total. The fourth-order valence-electron chi connectivity index (χ4n) is 3.90. The molecule has 1 saturated heterocycles. The first-order valence-electron chi connectivity index (χ1n) is 10.2. The second-order valence-electron chi connectivity index (χ2n) is 7.79. The largest absolute Gasteiger partial charge is 0.507 e. The highest BCUT2D eigenvalue weighted by atomic mass is 16.6. The SMILES string of the molecule is CN(C)CCCN1C(=O)C(=O)/C(=C(/O)c2ccc3c(c2)OCCO3)[C@@H]1c1cccnc1. The Morgan fingerprint density at radius 1 is 1.19 bits per heavy atom. The Bertz CT molecular complexity index is 1020. The van der Waals surface area contributed by atoms with E-state index in [2.05, 4.69) is 4.98 Å². The minimum atomic E-state index is -0.705. The van der Waals surface area contributed by atoms with E-state index < -0.39 is 17.7 Å². The Morgan fingerprint density at radius 2 is 1.97 bits per heavy atom. The summed E-state index contributed by atoms with van der Waals surface area (Å²) in [5, 5.41) is 11.1. The maximum atomic E-state index is 13.0. The molecule has 31 heavy (non-hydrogen) atoms. The van der Waals surface area contributed by atoms with Gasteiger partial charge in [0.25, 0.3) is 11.7 Å². The fourth-order valence-corrected chi connectivity index (χ4v) is 3.90. The minimum absolute atomic E-state index is 0.0551. The Morgan fingerprint density at radius 3 is 2.68 bits per heavy atom. The molecule has 0 aliphatic carbocycles. The number of pyridine rings is 1. The number of nitrogens with zero attached hydrogens (tertiary/aromatic N) is 3. The van der Waals surface area contributed by atoms with Crippen molar-refractivity contribution in [2.75, 3.05) is 40.4 Å². The van der Waals surface area contributed by atoms with Gasteiger partial charge in [-0.3, -0.25) is 14.6 Å². The van der Waals surface area contributed by atoms with Crippen LogP contribution in [-0.4, -0.2) is 72.0 Å². The molecule has 162 valence electrons. The zero-order valence-corrected chi connectivity index (χ0v) is 17.6. The summed E-state index contributed by atoms with van der Waals surface area (Å²) in [5.74, 6) is -0.485. The average Bonchev–Trinajstić information content (AvgIpc) is 3.03. The quantitative estimate of drug-likeness (QED) is 0.433. The molecular weight excluding hydrogens is 398 g/mol. The van der Waals surface area contributed by atoms with Gasteiger partial charge in [-0.1, -0.05) is 6.07 Å². The Kier molecular flexibility index (Phi) is 5.90. The summed E-state index contributed by atoms with van der Waals surface area (Å²) in [4.78, 5) is 33.6. The van der Waals surface area contributed by atoms with Gasteiger partial charge in [0.1, 0.15) is 19.0 Å². The van der Waals surface area contributed by atoms with Crippen LogP contribution >= 0.6 is 0 Å². The van der Waals surface area contributed by atoms with Crippen LogP contribution < -0.4 is 9.47 Å². The first-order chi connectivity index (χ1) is 15.0. The fraction of sp³-hybridized carbons (Fsp3) is 0.348. The third-order valence-corrected chi connectivity index (χ3v) is 5.36. The van der Waals surface area contributed by atoms with Crippen LogP contribution in [0.2, 0.25) is 0 Å². The molecule has 1 amide bonds. The van der Waals surface area contributed by atoms with E-state index in [9.17, 15) is 14.7 Å². The van der Waals surface area contributed by atoms with Crippen molar-refractivity contribution in [2.45, 2.75) is 12.5 Å². The zero-order valence-electron chi connectivity index (χ0n) is 17.6. The lowest BCUT2D eigenvalue weighted by atomic mass is 9.96. The van der Waals surface area contributed by atoms with E-state index in [1.54, 1.807) is 42.7 Å². The minimum Gasteiger partial charge on any atom is -0.507 e. The predicted molar refractivity (Wildman–Crippen MR) is 114 cm³/mol. The zero-order chi connectivity index (χ0) is 22.0. The number of likely N-dealkylation sites (tertiary alicyclic amines) is 1. The molecule has 3 heterocycles. The molecule has 1 atom stereocenters. The number of rotatable bonds is 6. The summed E-state index contributed by atoms with van der Waals surface area (Å²) >= 11 is 0. The topological polar surface area (TPSA) is 92.2 Å². The molecule has 2 aliphatic heterocycles. The van der Waals surface area contributed by atoms with Gasteiger partial charge in [0, 0.05) is 24.5 Å². The predicted octanol–water partition coefficient (Wildman–Crippen LogP) is 2.23. The van der Waals surface area contributed by atoms with E-state index in [1.807, 2.05) is 19.0 Å². The Labute approximate surface area is 180 Å². The van der Waals surface area contributed by atoms with Crippen molar-refractivity contribution in [3.8, 4) is 11.5 Å². The third kappa shape index (κ3) is 4.11. The average molecular weight is 423 g/mol. The third-order valence-electron chi connectivity index (χ3n) is 5.36. The van der Waals surface area contributed by atoms with Gasteiger partial charge >= 0.3 is 0 Å². The summed E-state index contributed by atoms with van der Waals surface area (Å²) < 4.78 is 11.1. The normalized spacial score (nSPS) is 19.8. The highest BCUT2D eigenvalue weighted by molar-refractivity contribution is 6.46. The van der Waals surface area contributed by atoms with Crippen LogP contribution in [0.4, 0.5) is 0 Å². The molecule has 2 aliphatic rings. The lowest BCUT2D eigenvalue weighted by molar-refractivity contribution is -0.139. The Hall–Kier alpha value is -3.39. The van der Waals surface area contributed by atoms with E-state index in [0.717, 1.165) is 6.54 Å². The van der Waals surface area contributed by atoms with E-state index >= 15 is 0 Å². The maximum Gasteiger partial charge on any atom is 0.295 e. The van der Waals surface area contributed by atoms with Crippen LogP contribution in [-0.2, 0) is 9.59 Å². The molecule has 1 N–H and O–H groups in total. The summed E-state index contributed by atoms with van der Waals surface area (Å²) in [7, 11) is 3.91. The smallest absolute Gasteiger partial charge is 0.295 e. The van der Waals surface area contributed by atoms with Crippen molar-refractivity contribution < 1.29 is 24.2 Å². The lowest BCUT2D eigenvalue weighted by Crippen LogP contribution is -2.32. The number of ether oxygens (including phenoxy) is 2. The number of carbonyl (C=O) groups is 2. The van der Waals surface area contributed by atoms with Crippen molar-refractivity contribution >= 4 is 17.4 Å². The molecule has 0 spiro atoms. The van der Waals surface area contributed by atoms with Crippen LogP contribution in [0.1, 0.15) is 23.6 Å². The highest BCUT2D eigenvalue weighted by Gasteiger charge is 2.46. The number of hydrogen-bond donors (Lipinski definition) is 1. The van der Waals surface area contributed by atoms with Crippen LogP contribution in [0.25, 0.3) is 5.76 Å². The highest BCUT2D eigenvalue weighted by Crippen LogP contribution is 2.40. The molecule has 1 aromatic carbocycles. The van der Waals surface area contributed by atoms with E-state index in [4.69, 9.17) is 9.47 Å². The standard InChI is InChI=1S/C23H25N3O5/c1-25(2)9-4-10-26-20(16-5-3-8-24-14-16)19(22(28)23(26)29)21(27)15-6-7-17-18(13-15)31-12-11-30-17/h3,5-8,13-14,20,27H,4,9-12H2,1-2H3/b21-19+/t20-/m0/s1. The van der Waals surface area contributed by atoms with Crippen LogP contribution in [0.5, 0.6) is 11.5 Å². The number of fused-ring (bicyclic) bond motifs is 1. The number of aromatic nitrogens is 1. The second kappa shape index (κ2) is 8.77. The number of benzene rings is 1. The van der Waals surface area contributed by atoms with E-state index in [-0.39, 0.29) is 11.3 Å². The van der Waals surface area contributed by atoms with Gasteiger partial charge < -0.3 is 24.4 Å². The van der Waals surface area contributed by atoms with Gasteiger partial charge in [0.2, 0.25) is 0 Å². The van der Waals surface area contributed by atoms with Crippen LogP contribution in [0, 0.1) is 0 Å². The first-order valence-corrected chi connectivity index (χ1v) is 10.2. The van der Waals surface area contributed by atoms with Crippen molar-refractivity contribution in [3.05, 3.63) is 59.4 Å². The number of carbonyl (C=O) groups excluding carboxylic acids is 2. The molecule has 0 saturated carbocycles. The molecule has 2 aromatic rings. The molecule has 0 radical (unpaired) electrons. The number of ketones is 1. The van der Waals surface area contributed by atoms with Crippen molar-refractivity contribution in [1.82, 2.24) is 14.8 Å². The van der Waals surface area contributed by atoms with Crippen molar-refractivity contribution in [1.29, 1.82) is 0 Å². The summed E-state index contributed by atoms with van der Waals surface area (Å²) in [6.45, 7) is 2.02. The second-order valence-corrected chi connectivity index (χ2v) is 7.79. The summed E-state index contributed by atoms with van der Waals surface area (Å²) in [5.41, 5.74) is 1.12. The number of aliphatic hydroxyl groups excluding tert-OH is 1. The summed E-state index contributed by atoms with van der Waals surface area (Å²) in [6, 6.07) is 7.82. The first kappa shape index (κ1) is 20.9. The molecule has 1 fully saturated rings. The van der Waals surface area contributed by atoms with Gasteiger partial charge in [-0.05, 0) is 56.9 Å². The van der Waals surface area contributed by atoms with E-state index in [0.29, 0.717) is 48.8 Å². The van der Waals surface area contributed by atoms with Gasteiger partial charge in [0.05, 0.1) is 11.6 Å². The van der Waals surface area contributed by atoms with Gasteiger partial charge in [-0.2, -0.15) is 0 Å². The molecule has 1 aromatic heterocycles. The maximum absolute atomic E-state index is 13.0. The number of amides is 1. The van der Waals surface area contributed by atoms with Gasteiger partial charge in [-0.25, -0.2) is 0 Å². The van der Waals surface area contributed by atoms with Crippen LogP contribution in [0.3, 0.4) is 0 Å². The lowest BCUT2D eigenvalue weighted by Gasteiger charge is -2.25. The van der Waals surface area contributed by atoms with Crippen molar-refractivity contribution in [2.24, 2.45) is 0 Å². The molecular formula is C23H25N3O5. The molecule has 0 bridgehead atoms. The van der Waals surface area contributed by atoms with Gasteiger partial charge in [-0.15, -0.1) is 0 Å². The molecule has 0 unspecified atom stereocenters. The molecule has 4 rings (SSSR count). The number of aliphatic hydroxyl groups is 1. The number of Topliss-reactive ketones (excluding diaryl/α,β-unsaturated/α-hetero) is 1. The van der Waals surface area contributed by atoms with Crippen LogP contribution in [0.15, 0.2) is 48.3 Å². The Balaban J connectivity index is 1.76. The van der Waals surface area contributed by atoms with Gasteiger partial charge in [0.15, 0.2) is 11.5 Å². The summed E-state index contributed by atoms with van der Waals surface area (Å²) in [6.07, 6.45) is 3.94. The monoisotopic (exact) mass is 423 g/mol. The van der Waals surface area contributed by atoms with Crippen molar-refractivity contribution in [3.63, 3.8) is 0 Å². The van der Waals surface area contributed by atoms with E-state index in [1.165, 1.54) is 4.90 Å². The number of hydrogen-bond acceptors (Lipinski definition) is 7. The molecule has 8 heteroatoms.